The third kappa shape index (κ3) is 8.71. The van der Waals surface area contributed by atoms with E-state index < -0.39 is 0 Å². The van der Waals surface area contributed by atoms with Crippen molar-refractivity contribution in [2.24, 2.45) is 22.6 Å². The van der Waals surface area contributed by atoms with Crippen molar-refractivity contribution in [3.05, 3.63) is 57.8 Å². The molecule has 0 spiro atoms. The molecule has 1 aromatic carbocycles. The fourth-order valence-electron chi connectivity index (χ4n) is 4.05. The zero-order valence-corrected chi connectivity index (χ0v) is 22.2. The molecule has 0 aliphatic carbocycles. The number of carbonyl (C=O) groups excluding carboxylic acids is 1. The van der Waals surface area contributed by atoms with Crippen LogP contribution in [0.15, 0.2) is 46.8 Å². The minimum atomic E-state index is -0.175. The number of guanidine groups is 1. The molecule has 1 saturated heterocycles. The molecule has 8 heteroatoms. The molecule has 1 aliphatic heterocycles. The van der Waals surface area contributed by atoms with E-state index in [0.29, 0.717) is 5.92 Å². The maximum absolute atomic E-state index is 11.5. The van der Waals surface area contributed by atoms with Crippen LogP contribution in [0, 0.1) is 11.8 Å². The first-order valence-electron chi connectivity index (χ1n) is 11.1. The van der Waals surface area contributed by atoms with Crippen LogP contribution >= 0.6 is 35.3 Å². The molecule has 0 saturated carbocycles. The number of likely N-dealkylation sites (tertiary alicyclic amines) is 1. The summed E-state index contributed by atoms with van der Waals surface area (Å²) in [6, 6.07) is 12.9. The number of amides is 1. The van der Waals surface area contributed by atoms with Crippen molar-refractivity contribution in [1.82, 2.24) is 15.5 Å². The van der Waals surface area contributed by atoms with Crippen molar-refractivity contribution in [3.63, 3.8) is 0 Å². The normalized spacial score (nSPS) is 17.9. The van der Waals surface area contributed by atoms with E-state index >= 15 is 0 Å². The van der Waals surface area contributed by atoms with Gasteiger partial charge in [0.05, 0.1) is 5.92 Å². The number of aliphatic imine (C=N–C) groups is 1. The van der Waals surface area contributed by atoms with Crippen LogP contribution in [0.2, 0.25) is 0 Å². The highest BCUT2D eigenvalue weighted by Gasteiger charge is 2.23. The monoisotopic (exact) mass is 569 g/mol. The molecule has 1 amide bonds. The summed E-state index contributed by atoms with van der Waals surface area (Å²) in [5.41, 5.74) is 7.99. The molecule has 6 nitrogen and oxygen atoms in total. The van der Waals surface area contributed by atoms with Gasteiger partial charge in [-0.25, -0.2) is 0 Å². The summed E-state index contributed by atoms with van der Waals surface area (Å²) >= 11 is 1.81. The summed E-state index contributed by atoms with van der Waals surface area (Å²) in [6.07, 6.45) is 3.02. The lowest BCUT2D eigenvalue weighted by Crippen LogP contribution is -2.40. The van der Waals surface area contributed by atoms with Crippen molar-refractivity contribution >= 4 is 47.2 Å². The smallest absolute Gasteiger partial charge is 0.221 e. The molecule has 1 aromatic heterocycles. The van der Waals surface area contributed by atoms with E-state index in [0.717, 1.165) is 57.9 Å². The second-order valence-electron chi connectivity index (χ2n) is 8.49. The van der Waals surface area contributed by atoms with Crippen molar-refractivity contribution in [2.75, 3.05) is 26.7 Å². The first-order valence-corrected chi connectivity index (χ1v) is 12.0. The summed E-state index contributed by atoms with van der Waals surface area (Å²) < 4.78 is 0. The van der Waals surface area contributed by atoms with Crippen molar-refractivity contribution < 1.29 is 4.79 Å². The largest absolute Gasteiger partial charge is 0.369 e. The van der Waals surface area contributed by atoms with Gasteiger partial charge in [0, 0.05) is 38.1 Å². The minimum Gasteiger partial charge on any atom is -0.369 e. The Morgan fingerprint density at radius 1 is 1.28 bits per heavy atom. The summed E-state index contributed by atoms with van der Waals surface area (Å²) in [7, 11) is 1.81. The molecule has 1 fully saturated rings. The molecule has 4 N–H and O–H groups in total. The van der Waals surface area contributed by atoms with Gasteiger partial charge < -0.3 is 16.4 Å². The fraction of sp³-hybridized carbons (Fsp3) is 0.500. The molecule has 2 unspecified atom stereocenters. The Labute approximate surface area is 213 Å². The second-order valence-corrected chi connectivity index (χ2v) is 9.52. The van der Waals surface area contributed by atoms with Crippen LogP contribution in [0.3, 0.4) is 0 Å². The number of halogens is 1. The number of piperidine rings is 1. The van der Waals surface area contributed by atoms with Crippen LogP contribution in [0.5, 0.6) is 0 Å². The number of nitrogens with one attached hydrogen (secondary N) is 2. The highest BCUT2D eigenvalue weighted by molar-refractivity contribution is 14.0. The summed E-state index contributed by atoms with van der Waals surface area (Å²) in [5.74, 6) is 1.17. The minimum absolute atomic E-state index is 0. The van der Waals surface area contributed by atoms with Gasteiger partial charge in [0.15, 0.2) is 5.96 Å². The Morgan fingerprint density at radius 2 is 2.09 bits per heavy atom. The number of hydrogen-bond acceptors (Lipinski definition) is 4. The van der Waals surface area contributed by atoms with Gasteiger partial charge in [-0.2, -0.15) is 0 Å². The predicted molar refractivity (Wildman–Crippen MR) is 144 cm³/mol. The van der Waals surface area contributed by atoms with E-state index in [9.17, 15) is 4.79 Å². The highest BCUT2D eigenvalue weighted by Crippen LogP contribution is 2.19. The van der Waals surface area contributed by atoms with Crippen LogP contribution < -0.4 is 16.4 Å². The van der Waals surface area contributed by atoms with E-state index in [1.54, 1.807) is 7.05 Å². The Morgan fingerprint density at radius 3 is 2.81 bits per heavy atom. The molecular weight excluding hydrogens is 533 g/mol. The Hall–Kier alpha value is -1.65. The van der Waals surface area contributed by atoms with Crippen LogP contribution in [-0.2, 0) is 24.3 Å². The Balaban J connectivity index is 0.00000363. The quantitative estimate of drug-likeness (QED) is 0.245. The SMILES string of the molecule is CN=C(NCc1cccc(CN2CCCC(C(N)=O)C2)c1)NCC(C)Cc1cccs1.I. The number of hydrogen-bond donors (Lipinski definition) is 3. The average molecular weight is 570 g/mol. The third-order valence-electron chi connectivity index (χ3n) is 5.74. The number of primary amides is 1. The number of thiophene rings is 1. The summed E-state index contributed by atoms with van der Waals surface area (Å²) in [5, 5.41) is 8.99. The third-order valence-corrected chi connectivity index (χ3v) is 6.64. The van der Waals surface area contributed by atoms with Gasteiger partial charge in [-0.05, 0) is 54.3 Å². The molecule has 3 rings (SSSR count). The number of nitrogens with two attached hydrogens (primary N) is 1. The molecule has 0 radical (unpaired) electrons. The average Bonchev–Trinajstić information content (AvgIpc) is 3.27. The standard InChI is InChI=1S/C24H35N5OS.HI/c1-18(12-22-9-5-11-31-22)14-27-24(26-2)28-15-19-6-3-7-20(13-19)16-29-10-4-8-21(17-29)23(25)30;/h3,5-7,9,11,13,18,21H,4,8,10,12,14-17H2,1-2H3,(H2,25,30)(H2,26,27,28);1H. The lowest BCUT2D eigenvalue weighted by atomic mass is 9.97. The molecular formula is C24H36IN5OS. The van der Waals surface area contributed by atoms with Crippen molar-refractivity contribution in [1.29, 1.82) is 0 Å². The lowest BCUT2D eigenvalue weighted by molar-refractivity contribution is -0.123. The van der Waals surface area contributed by atoms with Crippen LogP contribution in [0.1, 0.15) is 35.8 Å². The Kier molecular flexibility index (Phi) is 11.5. The fourth-order valence-corrected chi connectivity index (χ4v) is 4.92. The van der Waals surface area contributed by atoms with Gasteiger partial charge in [0.25, 0.3) is 0 Å². The van der Waals surface area contributed by atoms with Gasteiger partial charge >= 0.3 is 0 Å². The highest BCUT2D eigenvalue weighted by atomic mass is 127. The Bertz CT molecular complexity index is 858. The number of rotatable bonds is 9. The predicted octanol–water partition coefficient (Wildman–Crippen LogP) is 3.61. The van der Waals surface area contributed by atoms with Crippen LogP contribution in [0.25, 0.3) is 0 Å². The molecule has 2 aromatic rings. The van der Waals surface area contributed by atoms with Gasteiger partial charge in [-0.1, -0.05) is 37.3 Å². The van der Waals surface area contributed by atoms with Gasteiger partial charge in [0.1, 0.15) is 0 Å². The molecule has 0 bridgehead atoms. The van der Waals surface area contributed by atoms with E-state index in [1.807, 2.05) is 11.3 Å². The molecule has 176 valence electrons. The van der Waals surface area contributed by atoms with Gasteiger partial charge in [-0.15, -0.1) is 35.3 Å². The van der Waals surface area contributed by atoms with E-state index in [2.05, 4.69) is 69.2 Å². The van der Waals surface area contributed by atoms with Crippen LogP contribution in [0.4, 0.5) is 0 Å². The topological polar surface area (TPSA) is 82.8 Å². The van der Waals surface area contributed by atoms with Crippen molar-refractivity contribution in [3.8, 4) is 0 Å². The zero-order chi connectivity index (χ0) is 22.1. The van der Waals surface area contributed by atoms with E-state index in [-0.39, 0.29) is 35.8 Å². The molecule has 32 heavy (non-hydrogen) atoms. The first-order chi connectivity index (χ1) is 15.0. The maximum Gasteiger partial charge on any atom is 0.221 e. The number of nitrogens with zero attached hydrogens (tertiary/aromatic N) is 2. The summed E-state index contributed by atoms with van der Waals surface area (Å²) in [4.78, 5) is 19.6. The summed E-state index contributed by atoms with van der Waals surface area (Å²) in [6.45, 7) is 6.49. The number of benzene rings is 1. The second kappa shape index (κ2) is 13.8. The van der Waals surface area contributed by atoms with E-state index in [4.69, 9.17) is 5.73 Å². The number of carbonyl (C=O) groups is 1. The van der Waals surface area contributed by atoms with Gasteiger partial charge in [-0.3, -0.25) is 14.7 Å². The van der Waals surface area contributed by atoms with Crippen molar-refractivity contribution in [2.45, 2.75) is 39.3 Å². The molecule has 2 heterocycles. The first kappa shape index (κ1) is 26.6. The lowest BCUT2D eigenvalue weighted by Gasteiger charge is -2.31. The maximum atomic E-state index is 11.5. The van der Waals surface area contributed by atoms with E-state index in [1.165, 1.54) is 16.0 Å². The van der Waals surface area contributed by atoms with Gasteiger partial charge in [0.2, 0.25) is 5.91 Å². The molecule has 2 atom stereocenters. The van der Waals surface area contributed by atoms with Crippen LogP contribution in [-0.4, -0.2) is 43.4 Å². The molecule has 1 aliphatic rings. The zero-order valence-electron chi connectivity index (χ0n) is 19.0.